The first-order chi connectivity index (χ1) is 10.2. The van der Waals surface area contributed by atoms with E-state index in [1.54, 1.807) is 6.08 Å². The number of aliphatic hydroxyl groups excluding tert-OH is 1. The van der Waals surface area contributed by atoms with Crippen molar-refractivity contribution in [1.29, 1.82) is 0 Å². The average molecular weight is 345 g/mol. The van der Waals surface area contributed by atoms with E-state index in [1.165, 1.54) is 0 Å². The second kappa shape index (κ2) is 6.27. The molecule has 2 unspecified atom stereocenters. The Kier molecular flexibility index (Phi) is 4.20. The van der Waals surface area contributed by atoms with Crippen molar-refractivity contribution >= 4 is 25.4 Å². The van der Waals surface area contributed by atoms with Crippen LogP contribution in [0.5, 0.6) is 0 Å². The Morgan fingerprint density at radius 2 is 1.62 bits per heavy atom. The van der Waals surface area contributed by atoms with Crippen LogP contribution in [0, 0.1) is 0 Å². The molecule has 106 valence electrons. The fraction of sp³-hybridized carbons (Fsp3) is 0.118. The van der Waals surface area contributed by atoms with Crippen LogP contribution in [0.2, 0.25) is 0 Å². The van der Waals surface area contributed by atoms with E-state index in [0.29, 0.717) is 4.47 Å². The molecule has 3 rings (SSSR count). The molecular formula is C17H14O3Se. The number of carbonyl (C=O) groups is 1. The summed E-state index contributed by atoms with van der Waals surface area (Å²) in [4.78, 5) is 11.9. The zero-order valence-corrected chi connectivity index (χ0v) is 12.9. The van der Waals surface area contributed by atoms with Gasteiger partial charge in [-0.2, -0.15) is 0 Å². The summed E-state index contributed by atoms with van der Waals surface area (Å²) in [5, 5.41) is 10.3. The molecule has 0 radical (unpaired) electrons. The molecule has 4 heteroatoms. The topological polar surface area (TPSA) is 46.5 Å². The van der Waals surface area contributed by atoms with Crippen LogP contribution in [0.4, 0.5) is 0 Å². The standard InChI is InChI=1S/C17H14O3Se/c18-16(12-7-3-1-4-8-12)14-11-15(17(19)20-14)21-13-9-5-2-6-10-13/h1-11,14,16,18H. The van der Waals surface area contributed by atoms with Gasteiger partial charge in [0.15, 0.2) is 0 Å². The van der Waals surface area contributed by atoms with E-state index < -0.39 is 12.2 Å². The van der Waals surface area contributed by atoms with Gasteiger partial charge in [-0.1, -0.05) is 0 Å². The number of carbonyl (C=O) groups excluding carboxylic acids is 1. The van der Waals surface area contributed by atoms with Gasteiger partial charge < -0.3 is 0 Å². The van der Waals surface area contributed by atoms with Gasteiger partial charge in [-0.25, -0.2) is 0 Å². The van der Waals surface area contributed by atoms with Gasteiger partial charge in [-0.15, -0.1) is 0 Å². The third kappa shape index (κ3) is 3.24. The molecule has 0 spiro atoms. The molecule has 0 saturated heterocycles. The molecule has 0 aliphatic carbocycles. The number of hydrogen-bond acceptors (Lipinski definition) is 3. The van der Waals surface area contributed by atoms with E-state index in [9.17, 15) is 9.90 Å². The van der Waals surface area contributed by atoms with Crippen LogP contribution in [-0.4, -0.2) is 32.1 Å². The van der Waals surface area contributed by atoms with Crippen molar-refractivity contribution in [3.8, 4) is 0 Å². The monoisotopic (exact) mass is 346 g/mol. The first-order valence-corrected chi connectivity index (χ1v) is 8.34. The van der Waals surface area contributed by atoms with Gasteiger partial charge in [0.05, 0.1) is 0 Å². The molecule has 0 aromatic heterocycles. The number of hydrogen-bond donors (Lipinski definition) is 1. The number of esters is 1. The molecule has 2 aromatic carbocycles. The van der Waals surface area contributed by atoms with Crippen molar-refractivity contribution in [2.45, 2.75) is 12.2 Å². The first-order valence-electron chi connectivity index (χ1n) is 6.63. The number of aliphatic hydroxyl groups is 1. The molecule has 1 N–H and O–H groups in total. The van der Waals surface area contributed by atoms with Gasteiger partial charge >= 0.3 is 129 Å². The van der Waals surface area contributed by atoms with Crippen molar-refractivity contribution in [2.24, 2.45) is 0 Å². The molecule has 2 atom stereocenters. The van der Waals surface area contributed by atoms with Crippen LogP contribution in [0.3, 0.4) is 0 Å². The van der Waals surface area contributed by atoms with Crippen molar-refractivity contribution < 1.29 is 14.6 Å². The fourth-order valence-corrected chi connectivity index (χ4v) is 3.97. The van der Waals surface area contributed by atoms with Crippen LogP contribution in [0.15, 0.2) is 71.2 Å². The summed E-state index contributed by atoms with van der Waals surface area (Å²) < 4.78 is 7.07. The summed E-state index contributed by atoms with van der Waals surface area (Å²) in [5.41, 5.74) is 0.750. The van der Waals surface area contributed by atoms with Gasteiger partial charge in [0.2, 0.25) is 0 Å². The number of benzene rings is 2. The Balaban J connectivity index is 1.76. The summed E-state index contributed by atoms with van der Waals surface area (Å²) in [5.74, 6) is -0.321. The van der Waals surface area contributed by atoms with Gasteiger partial charge in [0.25, 0.3) is 0 Å². The molecule has 0 fully saturated rings. The Morgan fingerprint density at radius 1 is 1.00 bits per heavy atom. The first kappa shape index (κ1) is 14.1. The summed E-state index contributed by atoms with van der Waals surface area (Å²) in [7, 11) is 0. The number of cyclic esters (lactones) is 1. The van der Waals surface area contributed by atoms with Crippen LogP contribution >= 0.6 is 0 Å². The normalized spacial score (nSPS) is 19.0. The number of rotatable bonds is 4. The predicted octanol–water partition coefficient (Wildman–Crippen LogP) is 1.56. The molecule has 0 amide bonds. The van der Waals surface area contributed by atoms with Gasteiger partial charge in [0.1, 0.15) is 0 Å². The summed E-state index contributed by atoms with van der Waals surface area (Å²) >= 11 is -0.0937. The molecule has 1 aliphatic heterocycles. The van der Waals surface area contributed by atoms with E-state index in [-0.39, 0.29) is 20.9 Å². The number of ether oxygens (including phenoxy) is 1. The van der Waals surface area contributed by atoms with Crippen LogP contribution in [0.25, 0.3) is 0 Å². The second-order valence-corrected chi connectivity index (χ2v) is 7.01. The SMILES string of the molecule is O=C1OC(C(O)c2ccccc2)C=C1[Se]c1ccccc1. The molecule has 1 aliphatic rings. The van der Waals surface area contributed by atoms with Crippen molar-refractivity contribution in [2.75, 3.05) is 0 Å². The maximum absolute atomic E-state index is 11.9. The third-order valence-electron chi connectivity index (χ3n) is 3.18. The summed E-state index contributed by atoms with van der Waals surface area (Å²) in [6.45, 7) is 0. The zero-order valence-electron chi connectivity index (χ0n) is 11.2. The van der Waals surface area contributed by atoms with Gasteiger partial charge in [-0.05, 0) is 0 Å². The molecular weight excluding hydrogens is 331 g/mol. The molecule has 2 aromatic rings. The van der Waals surface area contributed by atoms with Gasteiger partial charge in [0, 0.05) is 0 Å². The Morgan fingerprint density at radius 3 is 2.29 bits per heavy atom. The quantitative estimate of drug-likeness (QED) is 0.676. The molecule has 1 heterocycles. The van der Waals surface area contributed by atoms with E-state index in [4.69, 9.17) is 4.74 Å². The molecule has 0 bridgehead atoms. The third-order valence-corrected chi connectivity index (χ3v) is 5.35. The molecule has 21 heavy (non-hydrogen) atoms. The van der Waals surface area contributed by atoms with E-state index in [0.717, 1.165) is 10.0 Å². The molecule has 3 nitrogen and oxygen atoms in total. The van der Waals surface area contributed by atoms with E-state index >= 15 is 0 Å². The second-order valence-electron chi connectivity index (χ2n) is 4.67. The summed E-state index contributed by atoms with van der Waals surface area (Å²) in [6, 6.07) is 19.1. The maximum atomic E-state index is 11.9. The van der Waals surface area contributed by atoms with Crippen LogP contribution < -0.4 is 4.46 Å². The molecule has 0 saturated carbocycles. The van der Waals surface area contributed by atoms with Crippen LogP contribution in [0.1, 0.15) is 11.7 Å². The fourth-order valence-electron chi connectivity index (χ4n) is 2.12. The predicted molar refractivity (Wildman–Crippen MR) is 81.2 cm³/mol. The van der Waals surface area contributed by atoms with Crippen LogP contribution in [-0.2, 0) is 9.53 Å². The zero-order chi connectivity index (χ0) is 14.7. The van der Waals surface area contributed by atoms with Crippen molar-refractivity contribution in [1.82, 2.24) is 0 Å². The van der Waals surface area contributed by atoms with Crippen molar-refractivity contribution in [3.63, 3.8) is 0 Å². The average Bonchev–Trinajstić information content (AvgIpc) is 2.89. The minimum absolute atomic E-state index is 0.0937. The van der Waals surface area contributed by atoms with Crippen molar-refractivity contribution in [3.05, 3.63) is 76.8 Å². The Labute approximate surface area is 129 Å². The van der Waals surface area contributed by atoms with E-state index in [1.807, 2.05) is 60.7 Å². The summed E-state index contributed by atoms with van der Waals surface area (Å²) in [6.07, 6.45) is 0.340. The van der Waals surface area contributed by atoms with Gasteiger partial charge in [-0.3, -0.25) is 0 Å². The Hall–Kier alpha value is -1.87. The minimum atomic E-state index is -0.820. The van der Waals surface area contributed by atoms with E-state index in [2.05, 4.69) is 0 Å². The Bertz CT molecular complexity index is 652.